The molecule has 33 heavy (non-hydrogen) atoms. The van der Waals surface area contributed by atoms with Gasteiger partial charge in [0.2, 0.25) is 0 Å². The van der Waals surface area contributed by atoms with Crippen LogP contribution in [0.15, 0.2) is 42.2 Å². The standard InChI is InChI=1S/C28H36O2S3/c1-4-5-6-7-8-9-10-11-12-22-21-24(28(32-22)16-19-30-3)27-14-13-26(33-27)23-17-20-31-25(23)15-18-29-2/h13-21H,4-12H2,1-3H3/b18-15+,19-16+. The van der Waals surface area contributed by atoms with Gasteiger partial charge in [-0.2, -0.15) is 0 Å². The summed E-state index contributed by atoms with van der Waals surface area (Å²) in [5, 5.41) is 2.14. The van der Waals surface area contributed by atoms with Gasteiger partial charge in [-0.15, -0.1) is 34.0 Å². The number of hydrogen-bond acceptors (Lipinski definition) is 5. The van der Waals surface area contributed by atoms with Gasteiger partial charge in [0.05, 0.1) is 26.7 Å². The molecule has 0 N–H and O–H groups in total. The van der Waals surface area contributed by atoms with E-state index in [1.165, 1.54) is 93.3 Å². The maximum absolute atomic E-state index is 5.23. The summed E-state index contributed by atoms with van der Waals surface area (Å²) in [5.74, 6) is 0. The summed E-state index contributed by atoms with van der Waals surface area (Å²) in [5.41, 5.74) is 2.59. The fraction of sp³-hybridized carbons (Fsp3) is 0.429. The molecule has 0 atom stereocenters. The van der Waals surface area contributed by atoms with E-state index in [0.717, 1.165) is 0 Å². The molecule has 5 heteroatoms. The first-order chi connectivity index (χ1) is 16.3. The van der Waals surface area contributed by atoms with Gasteiger partial charge in [-0.3, -0.25) is 0 Å². The molecule has 0 saturated carbocycles. The van der Waals surface area contributed by atoms with Gasteiger partial charge in [0.1, 0.15) is 0 Å². The summed E-state index contributed by atoms with van der Waals surface area (Å²) in [6.07, 6.45) is 19.7. The van der Waals surface area contributed by atoms with Gasteiger partial charge in [-0.25, -0.2) is 0 Å². The van der Waals surface area contributed by atoms with Gasteiger partial charge in [0, 0.05) is 35.5 Å². The smallest absolute Gasteiger partial charge is 0.0838 e. The quantitative estimate of drug-likeness (QED) is 0.153. The molecule has 0 radical (unpaired) electrons. The molecular formula is C28H36O2S3. The highest BCUT2D eigenvalue weighted by Gasteiger charge is 2.14. The molecule has 3 rings (SSSR count). The van der Waals surface area contributed by atoms with Crippen molar-refractivity contribution in [2.45, 2.75) is 64.7 Å². The van der Waals surface area contributed by atoms with Crippen LogP contribution in [0.3, 0.4) is 0 Å². The molecule has 3 aromatic heterocycles. The zero-order valence-corrected chi connectivity index (χ0v) is 22.6. The van der Waals surface area contributed by atoms with Crippen LogP contribution in [0.25, 0.3) is 33.0 Å². The van der Waals surface area contributed by atoms with Crippen molar-refractivity contribution in [2.24, 2.45) is 0 Å². The van der Waals surface area contributed by atoms with E-state index >= 15 is 0 Å². The largest absolute Gasteiger partial charge is 0.504 e. The molecule has 0 bridgehead atoms. The van der Waals surface area contributed by atoms with Crippen LogP contribution in [0.4, 0.5) is 0 Å². The molecule has 0 saturated heterocycles. The van der Waals surface area contributed by atoms with Crippen LogP contribution in [-0.4, -0.2) is 14.2 Å². The van der Waals surface area contributed by atoms with Crippen LogP contribution in [0.5, 0.6) is 0 Å². The minimum absolute atomic E-state index is 1.17. The molecule has 0 aliphatic heterocycles. The van der Waals surface area contributed by atoms with E-state index in [-0.39, 0.29) is 0 Å². The number of hydrogen-bond donors (Lipinski definition) is 0. The first-order valence-electron chi connectivity index (χ1n) is 12.0. The van der Waals surface area contributed by atoms with Gasteiger partial charge in [-0.05, 0) is 54.6 Å². The molecule has 0 unspecified atom stereocenters. The summed E-state index contributed by atoms with van der Waals surface area (Å²) in [6, 6.07) is 9.10. The molecule has 0 fully saturated rings. The average molecular weight is 501 g/mol. The topological polar surface area (TPSA) is 18.5 Å². The number of ether oxygens (including phenoxy) is 2. The van der Waals surface area contributed by atoms with Crippen molar-refractivity contribution < 1.29 is 9.47 Å². The lowest BCUT2D eigenvalue weighted by molar-refractivity contribution is 0.341. The summed E-state index contributed by atoms with van der Waals surface area (Å²) in [7, 11) is 3.39. The third-order valence-electron chi connectivity index (χ3n) is 5.63. The normalized spacial score (nSPS) is 11.7. The van der Waals surface area contributed by atoms with Crippen LogP contribution < -0.4 is 0 Å². The lowest BCUT2D eigenvalue weighted by Crippen LogP contribution is -1.83. The fourth-order valence-electron chi connectivity index (χ4n) is 3.87. The van der Waals surface area contributed by atoms with Crippen LogP contribution in [0, 0.1) is 0 Å². The van der Waals surface area contributed by atoms with Crippen molar-refractivity contribution in [3.63, 3.8) is 0 Å². The molecule has 178 valence electrons. The molecular weight excluding hydrogens is 465 g/mol. The number of methoxy groups -OCH3 is 2. The van der Waals surface area contributed by atoms with Gasteiger partial charge in [0.15, 0.2) is 0 Å². The predicted molar refractivity (Wildman–Crippen MR) is 149 cm³/mol. The molecule has 0 spiro atoms. The molecule has 0 aromatic carbocycles. The van der Waals surface area contributed by atoms with Crippen molar-refractivity contribution in [1.29, 1.82) is 0 Å². The number of unbranched alkanes of at least 4 members (excludes halogenated alkanes) is 7. The van der Waals surface area contributed by atoms with Crippen molar-refractivity contribution in [2.75, 3.05) is 14.2 Å². The highest BCUT2D eigenvalue weighted by Crippen LogP contribution is 2.42. The van der Waals surface area contributed by atoms with E-state index < -0.39 is 0 Å². The predicted octanol–water partition coefficient (Wildman–Crippen LogP) is 10.1. The summed E-state index contributed by atoms with van der Waals surface area (Å²) < 4.78 is 10.3. The third-order valence-corrected chi connectivity index (χ3v) is 8.83. The monoisotopic (exact) mass is 500 g/mol. The Morgan fingerprint density at radius 2 is 1.36 bits per heavy atom. The second kappa shape index (κ2) is 14.4. The lowest BCUT2D eigenvalue weighted by atomic mass is 10.1. The number of thiophene rings is 3. The Morgan fingerprint density at radius 1 is 0.727 bits per heavy atom. The Hall–Kier alpha value is -1.82. The zero-order valence-electron chi connectivity index (χ0n) is 20.1. The van der Waals surface area contributed by atoms with E-state index in [2.05, 4.69) is 42.6 Å². The number of aryl methyl sites for hydroxylation is 1. The van der Waals surface area contributed by atoms with E-state index in [0.29, 0.717) is 0 Å². The zero-order chi connectivity index (χ0) is 23.3. The van der Waals surface area contributed by atoms with Crippen molar-refractivity contribution in [3.05, 3.63) is 56.8 Å². The molecule has 0 aliphatic carbocycles. The van der Waals surface area contributed by atoms with E-state index in [4.69, 9.17) is 9.47 Å². The molecule has 3 heterocycles. The second-order valence-electron chi connectivity index (χ2n) is 8.15. The summed E-state index contributed by atoms with van der Waals surface area (Å²) in [6.45, 7) is 2.28. The summed E-state index contributed by atoms with van der Waals surface area (Å²) >= 11 is 5.50. The fourth-order valence-corrected chi connectivity index (χ4v) is 6.97. The highest BCUT2D eigenvalue weighted by molar-refractivity contribution is 7.20. The number of rotatable bonds is 15. The minimum Gasteiger partial charge on any atom is -0.504 e. The summed E-state index contributed by atoms with van der Waals surface area (Å²) in [4.78, 5) is 6.59. The molecule has 2 nitrogen and oxygen atoms in total. The van der Waals surface area contributed by atoms with E-state index in [1.54, 1.807) is 38.1 Å². The van der Waals surface area contributed by atoms with Crippen LogP contribution >= 0.6 is 34.0 Å². The average Bonchev–Trinajstić information content (AvgIpc) is 3.57. The highest BCUT2D eigenvalue weighted by atomic mass is 32.1. The second-order valence-corrected chi connectivity index (χ2v) is 11.4. The SMILES string of the molecule is CCCCCCCCCCc1cc(-c2ccc(-c3ccsc3/C=C/OC)s2)c(/C=C/OC)s1. The van der Waals surface area contributed by atoms with Gasteiger partial charge in [-0.1, -0.05) is 51.9 Å². The van der Waals surface area contributed by atoms with Crippen LogP contribution in [0.1, 0.15) is 72.9 Å². The van der Waals surface area contributed by atoms with Crippen molar-refractivity contribution in [3.8, 4) is 20.9 Å². The van der Waals surface area contributed by atoms with E-state index in [9.17, 15) is 0 Å². The van der Waals surface area contributed by atoms with Crippen molar-refractivity contribution in [1.82, 2.24) is 0 Å². The van der Waals surface area contributed by atoms with Gasteiger partial charge < -0.3 is 9.47 Å². The van der Waals surface area contributed by atoms with Crippen LogP contribution in [-0.2, 0) is 15.9 Å². The Kier molecular flexibility index (Phi) is 11.3. The Balaban J connectivity index is 1.67. The third kappa shape index (κ3) is 7.87. The Labute approximate surface area is 211 Å². The molecule has 0 amide bonds. The Morgan fingerprint density at radius 3 is 2.06 bits per heavy atom. The lowest BCUT2D eigenvalue weighted by Gasteiger charge is -2.00. The maximum atomic E-state index is 5.23. The van der Waals surface area contributed by atoms with E-state index in [1.807, 2.05) is 28.7 Å². The first-order valence-corrected chi connectivity index (χ1v) is 14.5. The van der Waals surface area contributed by atoms with Gasteiger partial charge >= 0.3 is 0 Å². The molecule has 3 aromatic rings. The van der Waals surface area contributed by atoms with Crippen molar-refractivity contribution >= 4 is 46.2 Å². The first kappa shape index (κ1) is 25.8. The Bertz CT molecular complexity index is 1010. The van der Waals surface area contributed by atoms with Crippen LogP contribution in [0.2, 0.25) is 0 Å². The maximum Gasteiger partial charge on any atom is 0.0838 e. The minimum atomic E-state index is 1.17. The van der Waals surface area contributed by atoms with Gasteiger partial charge in [0.25, 0.3) is 0 Å². The molecule has 0 aliphatic rings.